The summed E-state index contributed by atoms with van der Waals surface area (Å²) in [5, 5.41) is 0. The summed E-state index contributed by atoms with van der Waals surface area (Å²) in [6.07, 6.45) is 2.04. The number of rotatable bonds is 4. The van der Waals surface area contributed by atoms with Crippen molar-refractivity contribution in [1.29, 1.82) is 0 Å². The number of carbonyl (C=O) groups excluding carboxylic acids is 3. The Bertz CT molecular complexity index is 596. The molecule has 98 valence electrons. The van der Waals surface area contributed by atoms with Gasteiger partial charge in [0.25, 0.3) is 0 Å². The molecule has 19 heavy (non-hydrogen) atoms. The van der Waals surface area contributed by atoms with Crippen molar-refractivity contribution in [2.24, 2.45) is 0 Å². The maximum absolute atomic E-state index is 12.3. The van der Waals surface area contributed by atoms with E-state index in [1.807, 2.05) is 6.92 Å². The first-order valence-electron chi connectivity index (χ1n) is 6.11. The Balaban J connectivity index is 2.54. The van der Waals surface area contributed by atoms with E-state index >= 15 is 0 Å². The van der Waals surface area contributed by atoms with Crippen LogP contribution in [-0.4, -0.2) is 24.5 Å². The molecular formula is C15H14O4. The van der Waals surface area contributed by atoms with E-state index in [1.165, 1.54) is 7.11 Å². The molecule has 0 aliphatic heterocycles. The van der Waals surface area contributed by atoms with E-state index in [-0.39, 0.29) is 34.7 Å². The molecule has 0 unspecified atom stereocenters. The number of ketones is 3. The zero-order valence-corrected chi connectivity index (χ0v) is 10.9. The fraction of sp³-hybridized carbons (Fsp3) is 0.267. The molecule has 0 radical (unpaired) electrons. The molecule has 4 heteroatoms. The van der Waals surface area contributed by atoms with Crippen molar-refractivity contribution in [1.82, 2.24) is 0 Å². The maximum Gasteiger partial charge on any atom is 0.201 e. The summed E-state index contributed by atoms with van der Waals surface area (Å²) >= 11 is 0. The number of carbonyl (C=O) groups is 3. The predicted octanol–water partition coefficient (Wildman–Crippen LogP) is 2.37. The number of ether oxygens (including phenoxy) is 1. The molecular weight excluding hydrogens is 244 g/mol. The highest BCUT2D eigenvalue weighted by Gasteiger charge is 2.31. The van der Waals surface area contributed by atoms with Crippen LogP contribution in [0.15, 0.2) is 29.8 Å². The van der Waals surface area contributed by atoms with E-state index in [9.17, 15) is 14.4 Å². The van der Waals surface area contributed by atoms with Crippen LogP contribution in [0.5, 0.6) is 5.75 Å². The van der Waals surface area contributed by atoms with E-state index in [2.05, 4.69) is 0 Å². The van der Waals surface area contributed by atoms with Gasteiger partial charge in [-0.3, -0.25) is 14.4 Å². The molecule has 0 saturated heterocycles. The second kappa shape index (κ2) is 5.18. The molecule has 1 aliphatic carbocycles. The third kappa shape index (κ3) is 2.21. The van der Waals surface area contributed by atoms with Crippen molar-refractivity contribution < 1.29 is 19.1 Å². The summed E-state index contributed by atoms with van der Waals surface area (Å²) in [6, 6.07) is 4.82. The number of benzene rings is 1. The number of Topliss-reactive ketones (excluding diaryl/α,β-unsaturated/α-hetero) is 2. The number of hydrogen-bond acceptors (Lipinski definition) is 4. The lowest BCUT2D eigenvalue weighted by molar-refractivity contribution is -0.115. The smallest absolute Gasteiger partial charge is 0.201 e. The molecule has 0 saturated carbocycles. The molecule has 0 fully saturated rings. The highest BCUT2D eigenvalue weighted by molar-refractivity contribution is 6.35. The molecule has 0 aromatic heterocycles. The molecule has 0 heterocycles. The number of hydrogen-bond donors (Lipinski definition) is 0. The van der Waals surface area contributed by atoms with Gasteiger partial charge in [-0.05, 0) is 12.5 Å². The molecule has 0 spiro atoms. The lowest BCUT2D eigenvalue weighted by Crippen LogP contribution is -2.22. The van der Waals surface area contributed by atoms with Gasteiger partial charge in [0.05, 0.1) is 18.2 Å². The molecule has 2 rings (SSSR count). The number of allylic oxidation sites excluding steroid dienone is 2. The van der Waals surface area contributed by atoms with Gasteiger partial charge in [-0.2, -0.15) is 0 Å². The Labute approximate surface area is 111 Å². The average Bonchev–Trinajstić information content (AvgIpc) is 2.42. The first kappa shape index (κ1) is 13.2. The van der Waals surface area contributed by atoms with Gasteiger partial charge in [-0.15, -0.1) is 0 Å². The fourth-order valence-electron chi connectivity index (χ4n) is 2.12. The SMILES string of the molecule is CCCC(=O)C1=CC(=O)c2cccc(OC)c2C1=O. The van der Waals surface area contributed by atoms with Crippen LogP contribution in [0.4, 0.5) is 0 Å². The lowest BCUT2D eigenvalue weighted by atomic mass is 9.86. The Morgan fingerprint density at radius 1 is 1.26 bits per heavy atom. The van der Waals surface area contributed by atoms with Crippen molar-refractivity contribution in [3.63, 3.8) is 0 Å². The standard InChI is InChI=1S/C15H14O4/c1-3-5-11(16)10-8-12(17)9-6-4-7-13(19-2)14(9)15(10)18/h4,6-8H,3,5H2,1-2H3. The van der Waals surface area contributed by atoms with Crippen molar-refractivity contribution >= 4 is 17.3 Å². The third-order valence-corrected chi connectivity index (χ3v) is 3.04. The highest BCUT2D eigenvalue weighted by atomic mass is 16.5. The van der Waals surface area contributed by atoms with Crippen molar-refractivity contribution in [3.8, 4) is 5.75 Å². The largest absolute Gasteiger partial charge is 0.496 e. The van der Waals surface area contributed by atoms with Gasteiger partial charge < -0.3 is 4.74 Å². The quantitative estimate of drug-likeness (QED) is 0.778. The van der Waals surface area contributed by atoms with Gasteiger partial charge in [-0.25, -0.2) is 0 Å². The van der Waals surface area contributed by atoms with Gasteiger partial charge in [0.15, 0.2) is 11.6 Å². The molecule has 1 aromatic carbocycles. The topological polar surface area (TPSA) is 60.4 Å². The molecule has 0 atom stereocenters. The van der Waals surface area contributed by atoms with Crippen LogP contribution in [0.2, 0.25) is 0 Å². The number of methoxy groups -OCH3 is 1. The molecule has 1 aliphatic rings. The Hall–Kier alpha value is -2.23. The van der Waals surface area contributed by atoms with E-state index in [0.717, 1.165) is 6.08 Å². The van der Waals surface area contributed by atoms with Crippen molar-refractivity contribution in [3.05, 3.63) is 41.0 Å². The summed E-state index contributed by atoms with van der Waals surface area (Å²) in [6.45, 7) is 1.85. The van der Waals surface area contributed by atoms with Gasteiger partial charge in [-0.1, -0.05) is 19.1 Å². The van der Waals surface area contributed by atoms with Crippen LogP contribution in [0, 0.1) is 0 Å². The van der Waals surface area contributed by atoms with Crippen LogP contribution in [0.1, 0.15) is 40.5 Å². The molecule has 0 bridgehead atoms. The fourth-order valence-corrected chi connectivity index (χ4v) is 2.12. The number of fused-ring (bicyclic) bond motifs is 1. The summed E-state index contributed by atoms with van der Waals surface area (Å²) in [4.78, 5) is 36.2. The summed E-state index contributed by atoms with van der Waals surface area (Å²) < 4.78 is 5.11. The Kier molecular flexibility index (Phi) is 3.60. The van der Waals surface area contributed by atoms with Crippen LogP contribution in [0.25, 0.3) is 0 Å². The molecule has 0 amide bonds. The Morgan fingerprint density at radius 2 is 2.00 bits per heavy atom. The normalized spacial score (nSPS) is 13.9. The molecule has 0 N–H and O–H groups in total. The molecule has 4 nitrogen and oxygen atoms in total. The summed E-state index contributed by atoms with van der Waals surface area (Å²) in [5.74, 6) is -0.721. The lowest BCUT2D eigenvalue weighted by Gasteiger charge is -2.16. The zero-order chi connectivity index (χ0) is 14.0. The van der Waals surface area contributed by atoms with E-state index in [4.69, 9.17) is 4.74 Å². The van der Waals surface area contributed by atoms with Gasteiger partial charge in [0.2, 0.25) is 5.78 Å². The van der Waals surface area contributed by atoms with Crippen LogP contribution >= 0.6 is 0 Å². The summed E-state index contributed by atoms with van der Waals surface area (Å²) in [5.41, 5.74) is 0.443. The van der Waals surface area contributed by atoms with Crippen LogP contribution in [0.3, 0.4) is 0 Å². The van der Waals surface area contributed by atoms with Crippen molar-refractivity contribution in [2.75, 3.05) is 7.11 Å². The summed E-state index contributed by atoms with van der Waals surface area (Å²) in [7, 11) is 1.43. The predicted molar refractivity (Wildman–Crippen MR) is 69.7 cm³/mol. The third-order valence-electron chi connectivity index (χ3n) is 3.04. The van der Waals surface area contributed by atoms with Crippen molar-refractivity contribution in [2.45, 2.75) is 19.8 Å². The van der Waals surface area contributed by atoms with Gasteiger partial charge in [0, 0.05) is 18.1 Å². The minimum absolute atomic E-state index is 0.0381. The zero-order valence-electron chi connectivity index (χ0n) is 10.9. The minimum Gasteiger partial charge on any atom is -0.496 e. The second-order valence-electron chi connectivity index (χ2n) is 4.31. The Morgan fingerprint density at radius 3 is 2.63 bits per heavy atom. The molecule has 1 aromatic rings. The average molecular weight is 258 g/mol. The van der Waals surface area contributed by atoms with Crippen LogP contribution < -0.4 is 4.74 Å². The van der Waals surface area contributed by atoms with Gasteiger partial charge >= 0.3 is 0 Å². The minimum atomic E-state index is -0.425. The van der Waals surface area contributed by atoms with E-state index in [1.54, 1.807) is 18.2 Å². The van der Waals surface area contributed by atoms with E-state index < -0.39 is 5.78 Å². The second-order valence-corrected chi connectivity index (χ2v) is 4.31. The monoisotopic (exact) mass is 258 g/mol. The highest BCUT2D eigenvalue weighted by Crippen LogP contribution is 2.30. The first-order valence-corrected chi connectivity index (χ1v) is 6.11. The van der Waals surface area contributed by atoms with Gasteiger partial charge in [0.1, 0.15) is 5.75 Å². The maximum atomic E-state index is 12.3. The van der Waals surface area contributed by atoms with E-state index in [0.29, 0.717) is 12.2 Å². The van der Waals surface area contributed by atoms with Crippen LogP contribution in [-0.2, 0) is 4.79 Å². The first-order chi connectivity index (χ1) is 9.10.